The number of rotatable bonds is 4. The van der Waals surface area contributed by atoms with Gasteiger partial charge in [-0.15, -0.1) is 5.11 Å². The second-order valence-electron chi connectivity index (χ2n) is 4.68. The maximum atomic E-state index is 11.6. The van der Waals surface area contributed by atoms with Crippen molar-refractivity contribution in [1.29, 1.82) is 0 Å². The Morgan fingerprint density at radius 2 is 1.81 bits per heavy atom. The van der Waals surface area contributed by atoms with E-state index in [1.54, 1.807) is 13.0 Å². The lowest BCUT2D eigenvalue weighted by Gasteiger charge is -2.07. The Labute approximate surface area is 123 Å². The van der Waals surface area contributed by atoms with Gasteiger partial charge in [-0.3, -0.25) is 0 Å². The number of carbonyl (C=O) groups is 1. The fourth-order valence-corrected chi connectivity index (χ4v) is 1.59. The molecule has 0 saturated carbocycles. The number of nitrogens with zero attached hydrogens (tertiary/aromatic N) is 2. The highest BCUT2D eigenvalue weighted by Gasteiger charge is 2.10. The van der Waals surface area contributed by atoms with E-state index in [-0.39, 0.29) is 0 Å². The summed E-state index contributed by atoms with van der Waals surface area (Å²) in [5.74, 6) is -0.108. The smallest absolute Gasteiger partial charge is 0.338 e. The van der Waals surface area contributed by atoms with Gasteiger partial charge in [0, 0.05) is 5.57 Å². The Morgan fingerprint density at radius 3 is 2.48 bits per heavy atom. The van der Waals surface area contributed by atoms with E-state index >= 15 is 0 Å². The molecule has 2 aromatic rings. The third-order valence-corrected chi connectivity index (χ3v) is 2.69. The van der Waals surface area contributed by atoms with Crippen molar-refractivity contribution in [3.05, 3.63) is 66.2 Å². The van der Waals surface area contributed by atoms with Crippen LogP contribution in [0.25, 0.3) is 0 Å². The van der Waals surface area contributed by atoms with Crippen LogP contribution in [0, 0.1) is 6.92 Å². The van der Waals surface area contributed by atoms with Crippen LogP contribution in [0.5, 0.6) is 5.75 Å². The molecule has 0 saturated heterocycles. The number of hydrogen-bond donors (Lipinski definition) is 0. The summed E-state index contributed by atoms with van der Waals surface area (Å²) in [4.78, 5) is 11.6. The number of aryl methyl sites for hydroxylation is 1. The third kappa shape index (κ3) is 4.11. The Morgan fingerprint density at radius 1 is 1.10 bits per heavy atom. The first kappa shape index (κ1) is 14.7. The molecule has 0 atom stereocenters. The standard InChI is InChI=1S/C17H16N2O2/c1-12(2)17(20)21-16-10-9-13(3)11-15(16)19-18-14-7-5-4-6-8-14/h4-11H,1H2,2-3H3. The molecule has 0 aromatic heterocycles. The average molecular weight is 280 g/mol. The van der Waals surface area contributed by atoms with E-state index in [1.807, 2.05) is 49.4 Å². The second kappa shape index (κ2) is 6.61. The zero-order valence-electron chi connectivity index (χ0n) is 12.0. The number of esters is 1. The molecular formula is C17H16N2O2. The van der Waals surface area contributed by atoms with Crippen LogP contribution in [0.15, 0.2) is 70.9 Å². The second-order valence-corrected chi connectivity index (χ2v) is 4.68. The summed E-state index contributed by atoms with van der Waals surface area (Å²) in [5, 5.41) is 8.31. The van der Waals surface area contributed by atoms with E-state index in [9.17, 15) is 4.79 Å². The molecule has 106 valence electrons. The summed E-state index contributed by atoms with van der Waals surface area (Å²) < 4.78 is 5.26. The van der Waals surface area contributed by atoms with Gasteiger partial charge in [-0.2, -0.15) is 5.11 Å². The molecule has 0 spiro atoms. The van der Waals surface area contributed by atoms with Crippen molar-refractivity contribution in [1.82, 2.24) is 0 Å². The number of azo groups is 1. The van der Waals surface area contributed by atoms with Crippen molar-refractivity contribution in [2.24, 2.45) is 10.2 Å². The van der Waals surface area contributed by atoms with Crippen molar-refractivity contribution in [3.8, 4) is 5.75 Å². The van der Waals surface area contributed by atoms with E-state index < -0.39 is 5.97 Å². The highest BCUT2D eigenvalue weighted by Crippen LogP contribution is 2.30. The van der Waals surface area contributed by atoms with Crippen LogP contribution in [0.4, 0.5) is 11.4 Å². The van der Waals surface area contributed by atoms with Gasteiger partial charge in [0.05, 0.1) is 5.69 Å². The normalized spacial score (nSPS) is 10.6. The zero-order valence-corrected chi connectivity index (χ0v) is 12.0. The van der Waals surface area contributed by atoms with Gasteiger partial charge in [0.25, 0.3) is 0 Å². The molecule has 0 aliphatic rings. The minimum atomic E-state index is -0.477. The molecular weight excluding hydrogens is 264 g/mol. The maximum Gasteiger partial charge on any atom is 0.338 e. The molecule has 0 aliphatic carbocycles. The molecule has 4 heteroatoms. The van der Waals surface area contributed by atoms with Gasteiger partial charge in [-0.1, -0.05) is 30.8 Å². The molecule has 2 rings (SSSR count). The molecule has 0 amide bonds. The van der Waals surface area contributed by atoms with Gasteiger partial charge >= 0.3 is 5.97 Å². The van der Waals surface area contributed by atoms with Gasteiger partial charge in [0.1, 0.15) is 5.69 Å². The Balaban J connectivity index is 2.29. The van der Waals surface area contributed by atoms with Crippen molar-refractivity contribution in [3.63, 3.8) is 0 Å². The number of benzene rings is 2. The summed E-state index contributed by atoms with van der Waals surface area (Å²) in [6.07, 6.45) is 0. The Kier molecular flexibility index (Phi) is 4.61. The molecule has 21 heavy (non-hydrogen) atoms. The minimum absolute atomic E-state index is 0.335. The predicted molar refractivity (Wildman–Crippen MR) is 82.2 cm³/mol. The van der Waals surface area contributed by atoms with Gasteiger partial charge in [-0.05, 0) is 43.7 Å². The first-order valence-electron chi connectivity index (χ1n) is 6.51. The van der Waals surface area contributed by atoms with E-state index in [1.165, 1.54) is 0 Å². The maximum absolute atomic E-state index is 11.6. The number of ether oxygens (including phenoxy) is 1. The fraction of sp³-hybridized carbons (Fsp3) is 0.118. The van der Waals surface area contributed by atoms with Crippen LogP contribution in [0.3, 0.4) is 0 Å². The van der Waals surface area contributed by atoms with Crippen molar-refractivity contribution in [2.45, 2.75) is 13.8 Å². The number of hydrogen-bond acceptors (Lipinski definition) is 4. The summed E-state index contributed by atoms with van der Waals surface area (Å²) in [7, 11) is 0. The first-order chi connectivity index (χ1) is 10.1. The summed E-state index contributed by atoms with van der Waals surface area (Å²) in [5.41, 5.74) is 2.58. The lowest BCUT2D eigenvalue weighted by Crippen LogP contribution is -2.08. The van der Waals surface area contributed by atoms with E-state index in [0.717, 1.165) is 11.3 Å². The molecule has 0 fully saturated rings. The van der Waals surface area contributed by atoms with Crippen LogP contribution in [0.2, 0.25) is 0 Å². The van der Waals surface area contributed by atoms with Crippen LogP contribution >= 0.6 is 0 Å². The van der Waals surface area contributed by atoms with Crippen LogP contribution < -0.4 is 4.74 Å². The third-order valence-electron chi connectivity index (χ3n) is 2.69. The van der Waals surface area contributed by atoms with Crippen LogP contribution in [0.1, 0.15) is 12.5 Å². The first-order valence-corrected chi connectivity index (χ1v) is 6.51. The van der Waals surface area contributed by atoms with E-state index in [0.29, 0.717) is 17.0 Å². The monoisotopic (exact) mass is 280 g/mol. The topological polar surface area (TPSA) is 51.0 Å². The lowest BCUT2D eigenvalue weighted by atomic mass is 10.2. The van der Waals surface area contributed by atoms with Crippen molar-refractivity contribution >= 4 is 17.3 Å². The SMILES string of the molecule is C=C(C)C(=O)Oc1ccc(C)cc1N=Nc1ccccc1. The molecule has 2 aromatic carbocycles. The summed E-state index contributed by atoms with van der Waals surface area (Å²) in [6, 6.07) is 14.7. The van der Waals surface area contributed by atoms with Crippen LogP contribution in [-0.4, -0.2) is 5.97 Å². The molecule has 4 nitrogen and oxygen atoms in total. The van der Waals surface area contributed by atoms with E-state index in [4.69, 9.17) is 4.74 Å². The van der Waals surface area contributed by atoms with Crippen LogP contribution in [-0.2, 0) is 4.79 Å². The van der Waals surface area contributed by atoms with Crippen molar-refractivity contribution in [2.75, 3.05) is 0 Å². The van der Waals surface area contributed by atoms with Gasteiger partial charge in [-0.25, -0.2) is 4.79 Å². The highest BCUT2D eigenvalue weighted by atomic mass is 16.5. The Bertz CT molecular complexity index is 691. The molecule has 0 bridgehead atoms. The molecule has 0 aliphatic heterocycles. The summed E-state index contributed by atoms with van der Waals surface area (Å²) >= 11 is 0. The lowest BCUT2D eigenvalue weighted by molar-refractivity contribution is -0.130. The average Bonchev–Trinajstić information content (AvgIpc) is 2.48. The summed E-state index contributed by atoms with van der Waals surface area (Å²) in [6.45, 7) is 7.10. The van der Waals surface area contributed by atoms with Gasteiger partial charge < -0.3 is 4.74 Å². The fourth-order valence-electron chi connectivity index (χ4n) is 1.59. The molecule has 0 heterocycles. The van der Waals surface area contributed by atoms with E-state index in [2.05, 4.69) is 16.8 Å². The minimum Gasteiger partial charge on any atom is -0.421 e. The zero-order chi connectivity index (χ0) is 15.2. The van der Waals surface area contributed by atoms with Crippen molar-refractivity contribution < 1.29 is 9.53 Å². The molecule has 0 unspecified atom stereocenters. The van der Waals surface area contributed by atoms with Gasteiger partial charge in [0.2, 0.25) is 0 Å². The number of carbonyl (C=O) groups excluding carboxylic acids is 1. The Hall–Kier alpha value is -2.75. The predicted octanol–water partition coefficient (Wildman–Crippen LogP) is 4.89. The largest absolute Gasteiger partial charge is 0.421 e. The molecule has 0 N–H and O–H groups in total. The highest BCUT2D eigenvalue weighted by molar-refractivity contribution is 5.89. The molecule has 0 radical (unpaired) electrons. The van der Waals surface area contributed by atoms with Gasteiger partial charge in [0.15, 0.2) is 5.75 Å². The quantitative estimate of drug-likeness (QED) is 0.346.